The van der Waals surface area contributed by atoms with Gasteiger partial charge in [0.25, 0.3) is 0 Å². The number of aryl methyl sites for hydroxylation is 1. The second kappa shape index (κ2) is 6.09. The molecule has 0 bridgehead atoms. The van der Waals surface area contributed by atoms with Gasteiger partial charge in [0, 0.05) is 19.3 Å². The average molecular weight is 283 g/mol. The first kappa shape index (κ1) is 14.6. The summed E-state index contributed by atoms with van der Waals surface area (Å²) in [4.78, 5) is 0. The summed E-state index contributed by atoms with van der Waals surface area (Å²) < 4.78 is 39.0. The highest BCUT2D eigenvalue weighted by Crippen LogP contribution is 2.28. The van der Waals surface area contributed by atoms with Crippen molar-refractivity contribution in [2.24, 2.45) is 0 Å². The van der Waals surface area contributed by atoms with Crippen molar-refractivity contribution in [2.45, 2.75) is 26.2 Å². The highest BCUT2D eigenvalue weighted by Gasteiger charge is 2.29. The molecule has 0 amide bonds. The number of aromatic nitrogens is 2. The number of nitrogens with zero attached hydrogens (tertiary/aromatic N) is 2. The highest BCUT2D eigenvalue weighted by atomic mass is 19.4. The van der Waals surface area contributed by atoms with Crippen LogP contribution in [-0.4, -0.2) is 16.3 Å². The maximum atomic E-state index is 12.4. The minimum Gasteiger partial charge on any atom is -0.311 e. The molecule has 0 radical (unpaired) electrons. The molecule has 1 aromatic heterocycles. The van der Waals surface area contributed by atoms with Gasteiger partial charge in [-0.1, -0.05) is 12.1 Å². The molecule has 1 N–H and O–H groups in total. The van der Waals surface area contributed by atoms with Gasteiger partial charge in [-0.2, -0.15) is 18.3 Å². The summed E-state index contributed by atoms with van der Waals surface area (Å²) in [5, 5.41) is 7.33. The maximum absolute atomic E-state index is 12.4. The first-order chi connectivity index (χ1) is 9.45. The van der Waals surface area contributed by atoms with Gasteiger partial charge >= 0.3 is 6.18 Å². The zero-order valence-electron chi connectivity index (χ0n) is 11.1. The molecule has 0 aliphatic rings. The van der Waals surface area contributed by atoms with Gasteiger partial charge in [-0.15, -0.1) is 0 Å². The number of nitrogens with one attached hydrogen (secondary N) is 1. The summed E-state index contributed by atoms with van der Waals surface area (Å²) in [5.41, 5.74) is 1.32. The molecule has 0 saturated heterocycles. The third-order valence-corrected chi connectivity index (χ3v) is 2.89. The molecule has 6 heteroatoms. The second-order valence-corrected chi connectivity index (χ2v) is 4.65. The van der Waals surface area contributed by atoms with Crippen LogP contribution in [0, 0.1) is 6.92 Å². The monoisotopic (exact) mass is 283 g/mol. The van der Waals surface area contributed by atoms with Crippen LogP contribution in [-0.2, 0) is 19.3 Å². The Labute approximate surface area is 115 Å². The molecule has 1 aromatic carbocycles. The topological polar surface area (TPSA) is 29.9 Å². The summed E-state index contributed by atoms with van der Waals surface area (Å²) in [5.74, 6) is 0. The van der Waals surface area contributed by atoms with Gasteiger partial charge < -0.3 is 5.32 Å². The van der Waals surface area contributed by atoms with Crippen LogP contribution >= 0.6 is 0 Å². The number of hydrogen-bond acceptors (Lipinski definition) is 2. The molecular weight excluding hydrogens is 267 g/mol. The molecule has 1 heterocycles. The number of rotatable bonds is 5. The molecule has 3 nitrogen and oxygen atoms in total. The number of hydrogen-bond donors (Lipinski definition) is 1. The van der Waals surface area contributed by atoms with Crippen molar-refractivity contribution in [2.75, 3.05) is 6.54 Å². The Bertz CT molecular complexity index is 544. The Morgan fingerprint density at radius 2 is 1.90 bits per heavy atom. The van der Waals surface area contributed by atoms with Crippen molar-refractivity contribution >= 4 is 0 Å². The van der Waals surface area contributed by atoms with Crippen LogP contribution in [0.1, 0.15) is 16.7 Å². The zero-order chi connectivity index (χ0) is 14.6. The maximum Gasteiger partial charge on any atom is 0.416 e. The highest BCUT2D eigenvalue weighted by molar-refractivity contribution is 5.24. The Morgan fingerprint density at radius 1 is 1.20 bits per heavy atom. The lowest BCUT2D eigenvalue weighted by molar-refractivity contribution is -0.137. The van der Waals surface area contributed by atoms with Crippen LogP contribution in [0.3, 0.4) is 0 Å². The predicted octanol–water partition coefficient (Wildman–Crippen LogP) is 3.00. The molecule has 2 rings (SSSR count). The van der Waals surface area contributed by atoms with E-state index in [0.29, 0.717) is 13.1 Å². The lowest BCUT2D eigenvalue weighted by Crippen LogP contribution is -2.19. The van der Waals surface area contributed by atoms with E-state index in [1.54, 1.807) is 6.20 Å². The van der Waals surface area contributed by atoms with Crippen LogP contribution in [0.2, 0.25) is 0 Å². The fraction of sp³-hybridized carbons (Fsp3) is 0.357. The molecule has 0 aliphatic heterocycles. The Balaban J connectivity index is 1.77. The first-order valence-electron chi connectivity index (χ1n) is 6.31. The fourth-order valence-electron chi connectivity index (χ4n) is 1.83. The van der Waals surface area contributed by atoms with E-state index >= 15 is 0 Å². The molecule has 2 aromatic rings. The smallest absolute Gasteiger partial charge is 0.311 e. The van der Waals surface area contributed by atoms with E-state index in [1.807, 2.05) is 17.8 Å². The lowest BCUT2D eigenvalue weighted by Gasteiger charge is -2.08. The van der Waals surface area contributed by atoms with Gasteiger partial charge in [0.2, 0.25) is 0 Å². The zero-order valence-corrected chi connectivity index (χ0v) is 11.1. The Hall–Kier alpha value is -1.82. The van der Waals surface area contributed by atoms with Crippen molar-refractivity contribution in [1.29, 1.82) is 0 Å². The van der Waals surface area contributed by atoms with Crippen LogP contribution in [0.15, 0.2) is 36.7 Å². The van der Waals surface area contributed by atoms with Gasteiger partial charge in [0.15, 0.2) is 0 Å². The average Bonchev–Trinajstić information content (AvgIpc) is 2.80. The van der Waals surface area contributed by atoms with Crippen molar-refractivity contribution in [1.82, 2.24) is 15.1 Å². The molecule has 20 heavy (non-hydrogen) atoms. The fourth-order valence-corrected chi connectivity index (χ4v) is 1.83. The van der Waals surface area contributed by atoms with Crippen LogP contribution in [0.4, 0.5) is 13.2 Å². The summed E-state index contributed by atoms with van der Waals surface area (Å²) >= 11 is 0. The first-order valence-corrected chi connectivity index (χ1v) is 6.31. The van der Waals surface area contributed by atoms with E-state index in [0.717, 1.165) is 29.8 Å². The number of benzene rings is 1. The molecule has 0 aliphatic carbocycles. The minimum atomic E-state index is -4.27. The Morgan fingerprint density at radius 3 is 2.45 bits per heavy atom. The summed E-state index contributed by atoms with van der Waals surface area (Å²) in [6.07, 6.45) is -0.542. The van der Waals surface area contributed by atoms with E-state index < -0.39 is 11.7 Å². The molecule has 0 fully saturated rings. The van der Waals surface area contributed by atoms with Gasteiger partial charge in [0.1, 0.15) is 0 Å². The van der Waals surface area contributed by atoms with Gasteiger partial charge in [-0.05, 0) is 30.2 Å². The predicted molar refractivity (Wildman–Crippen MR) is 70.1 cm³/mol. The molecule has 0 unspecified atom stereocenters. The quantitative estimate of drug-likeness (QED) is 0.855. The van der Waals surface area contributed by atoms with E-state index in [4.69, 9.17) is 0 Å². The van der Waals surface area contributed by atoms with Crippen LogP contribution in [0.25, 0.3) is 0 Å². The Kier molecular flexibility index (Phi) is 4.44. The molecular formula is C14H16F3N3. The van der Waals surface area contributed by atoms with Crippen LogP contribution < -0.4 is 5.32 Å². The summed E-state index contributed by atoms with van der Waals surface area (Å²) in [6.45, 7) is 3.95. The van der Waals surface area contributed by atoms with Crippen LogP contribution in [0.5, 0.6) is 0 Å². The van der Waals surface area contributed by atoms with Crippen molar-refractivity contribution in [3.63, 3.8) is 0 Å². The van der Waals surface area contributed by atoms with E-state index in [9.17, 15) is 13.2 Å². The molecule has 108 valence electrons. The van der Waals surface area contributed by atoms with Gasteiger partial charge in [-0.3, -0.25) is 4.68 Å². The number of alkyl halides is 3. The van der Waals surface area contributed by atoms with E-state index in [1.165, 1.54) is 12.1 Å². The van der Waals surface area contributed by atoms with Crippen molar-refractivity contribution < 1.29 is 13.2 Å². The van der Waals surface area contributed by atoms with E-state index in [-0.39, 0.29) is 0 Å². The largest absolute Gasteiger partial charge is 0.416 e. The summed E-state index contributed by atoms with van der Waals surface area (Å²) in [6, 6.07) is 5.20. The second-order valence-electron chi connectivity index (χ2n) is 4.65. The number of halogens is 3. The van der Waals surface area contributed by atoms with Crippen molar-refractivity contribution in [3.05, 3.63) is 53.3 Å². The van der Waals surface area contributed by atoms with Gasteiger partial charge in [0.05, 0.1) is 18.3 Å². The summed E-state index contributed by atoms with van der Waals surface area (Å²) in [7, 11) is 0. The normalized spacial score (nSPS) is 11.8. The van der Waals surface area contributed by atoms with Gasteiger partial charge in [-0.25, -0.2) is 0 Å². The van der Waals surface area contributed by atoms with E-state index in [2.05, 4.69) is 10.4 Å². The third-order valence-electron chi connectivity index (χ3n) is 2.89. The molecule has 0 spiro atoms. The standard InChI is InChI=1S/C14H16F3N3/c1-11-8-19-20(10-11)7-6-18-9-12-2-4-13(5-3-12)14(15,16)17/h2-5,8,10,18H,6-7,9H2,1H3. The molecule has 0 atom stereocenters. The SMILES string of the molecule is Cc1cnn(CCNCc2ccc(C(F)(F)F)cc2)c1. The molecule has 0 saturated carbocycles. The third kappa shape index (κ3) is 4.09. The lowest BCUT2D eigenvalue weighted by atomic mass is 10.1. The minimum absolute atomic E-state index is 0.540. The van der Waals surface area contributed by atoms with Crippen molar-refractivity contribution in [3.8, 4) is 0 Å².